The molecule has 3 nitrogen and oxygen atoms in total. The Morgan fingerprint density at radius 2 is 1.70 bits per heavy atom. The fraction of sp³-hybridized carbons (Fsp3) is 0.267. The summed E-state index contributed by atoms with van der Waals surface area (Å²) in [6.45, 7) is 1.62. The van der Waals surface area contributed by atoms with E-state index in [1.165, 1.54) is 11.3 Å². The predicted molar refractivity (Wildman–Crippen MR) is 70.1 cm³/mol. The average molecular weight is 315 g/mol. The summed E-state index contributed by atoms with van der Waals surface area (Å²) in [6.07, 6.45) is 3.85. The van der Waals surface area contributed by atoms with Crippen LogP contribution in [0.15, 0.2) is 48.7 Å². The van der Waals surface area contributed by atoms with Crippen molar-refractivity contribution in [1.82, 2.24) is 0 Å². The quantitative estimate of drug-likeness (QED) is 0.570. The third-order valence-electron chi connectivity index (χ3n) is 2.80. The molecule has 0 aliphatic carbocycles. The van der Waals surface area contributed by atoms with Crippen LogP contribution in [0.1, 0.15) is 11.3 Å². The number of benzene rings is 1. The van der Waals surface area contributed by atoms with Crippen LogP contribution in [0.5, 0.6) is 5.75 Å². The van der Waals surface area contributed by atoms with Gasteiger partial charge in [0.15, 0.2) is 11.9 Å². The van der Waals surface area contributed by atoms with Gasteiger partial charge in [-0.25, -0.2) is 4.98 Å². The first-order valence-corrected chi connectivity index (χ1v) is 6.35. The number of quaternary nitrogens is 1. The second-order valence-electron chi connectivity index (χ2n) is 4.23. The molecule has 110 valence electrons. The van der Waals surface area contributed by atoms with Crippen LogP contribution in [-0.2, 0) is 12.8 Å². The molecule has 20 heavy (non-hydrogen) atoms. The summed E-state index contributed by atoms with van der Waals surface area (Å²) < 4.78 is 5.71. The maximum atomic E-state index is 5.71. The molecule has 2 rings (SSSR count). The van der Waals surface area contributed by atoms with Gasteiger partial charge in [0.1, 0.15) is 5.75 Å². The van der Waals surface area contributed by atoms with Gasteiger partial charge in [0, 0.05) is 18.6 Å². The van der Waals surface area contributed by atoms with Crippen molar-refractivity contribution in [2.45, 2.75) is 12.8 Å². The van der Waals surface area contributed by atoms with E-state index in [2.05, 4.69) is 28.9 Å². The summed E-state index contributed by atoms with van der Waals surface area (Å²) in [4.78, 5) is 3.19. The molecule has 0 bridgehead atoms. The van der Waals surface area contributed by atoms with Crippen LogP contribution >= 0.6 is 0 Å². The summed E-state index contributed by atoms with van der Waals surface area (Å²) >= 11 is 0. The molecule has 0 saturated carbocycles. The van der Waals surface area contributed by atoms with Crippen LogP contribution < -0.4 is 40.3 Å². The Morgan fingerprint density at radius 1 is 0.950 bits per heavy atom. The molecule has 0 unspecified atom stereocenters. The van der Waals surface area contributed by atoms with E-state index in [4.69, 9.17) is 4.74 Å². The third kappa shape index (κ3) is 6.24. The number of hydrogen-bond donors (Lipinski definition) is 1. The molecular formula is C15H20Cl2N2O. The Kier molecular flexibility index (Phi) is 9.82. The van der Waals surface area contributed by atoms with Gasteiger partial charge in [0.05, 0.1) is 19.6 Å². The summed E-state index contributed by atoms with van der Waals surface area (Å²) in [5, 5.41) is 0. The molecule has 0 radical (unpaired) electrons. The molecule has 0 atom stereocenters. The lowest BCUT2D eigenvalue weighted by Gasteiger charge is -2.05. The van der Waals surface area contributed by atoms with Gasteiger partial charge >= 0.3 is 0 Å². The van der Waals surface area contributed by atoms with Crippen LogP contribution in [0, 0.1) is 0 Å². The summed E-state index contributed by atoms with van der Waals surface area (Å²) in [6, 6.07) is 14.3. The second kappa shape index (κ2) is 10.5. The Labute approximate surface area is 132 Å². The zero-order chi connectivity index (χ0) is 12.6. The van der Waals surface area contributed by atoms with Crippen LogP contribution in [0.2, 0.25) is 0 Å². The highest BCUT2D eigenvalue weighted by molar-refractivity contribution is 5.27. The van der Waals surface area contributed by atoms with Crippen LogP contribution in [0.3, 0.4) is 0 Å². The van der Waals surface area contributed by atoms with E-state index < -0.39 is 0 Å². The van der Waals surface area contributed by atoms with Crippen LogP contribution in [-0.4, -0.2) is 13.2 Å². The molecule has 0 spiro atoms. The third-order valence-corrected chi connectivity index (χ3v) is 2.80. The van der Waals surface area contributed by atoms with Gasteiger partial charge in [-0.05, 0) is 17.7 Å². The van der Waals surface area contributed by atoms with E-state index in [0.717, 1.165) is 25.1 Å². The molecule has 0 aliphatic rings. The highest BCUT2D eigenvalue weighted by Crippen LogP contribution is 2.12. The van der Waals surface area contributed by atoms with Gasteiger partial charge in [-0.15, -0.1) is 0 Å². The first-order chi connectivity index (χ1) is 8.88. The lowest BCUT2D eigenvalue weighted by atomic mass is 10.1. The van der Waals surface area contributed by atoms with Gasteiger partial charge in [-0.2, -0.15) is 0 Å². The lowest BCUT2D eigenvalue weighted by Crippen LogP contribution is -3.00. The maximum absolute atomic E-state index is 5.71. The van der Waals surface area contributed by atoms with E-state index in [1.54, 1.807) is 0 Å². The minimum absolute atomic E-state index is 0. The fourth-order valence-corrected chi connectivity index (χ4v) is 1.82. The average Bonchev–Trinajstić information content (AvgIpc) is 2.42. The Bertz CT molecular complexity index is 463. The molecule has 0 fully saturated rings. The molecule has 1 aromatic carbocycles. The largest absolute Gasteiger partial charge is 1.00 e. The number of pyridine rings is 1. The van der Waals surface area contributed by atoms with E-state index in [9.17, 15) is 0 Å². The highest BCUT2D eigenvalue weighted by atomic mass is 35.5. The minimum atomic E-state index is 0. The number of H-pyrrole nitrogens is 1. The van der Waals surface area contributed by atoms with Gasteiger partial charge in [0.25, 0.3) is 0 Å². The second-order valence-corrected chi connectivity index (χ2v) is 4.23. The highest BCUT2D eigenvalue weighted by Gasteiger charge is 2.00. The molecule has 4 N–H and O–H groups in total. The topological polar surface area (TPSA) is 51.0 Å². The number of ether oxygens (including phenoxy) is 1. The van der Waals surface area contributed by atoms with Crippen molar-refractivity contribution in [2.75, 3.05) is 13.2 Å². The summed E-state index contributed by atoms with van der Waals surface area (Å²) in [5.41, 5.74) is 6.35. The molecule has 1 aromatic heterocycles. The van der Waals surface area contributed by atoms with E-state index >= 15 is 0 Å². The number of hydrogen-bond acceptors (Lipinski definition) is 1. The number of nitrogens with one attached hydrogen (secondary N) is 1. The Hall–Kier alpha value is -1.29. The standard InChI is InChI=1S/C15H18N2O.2ClH/c16-10-8-13-4-6-15(7-5-13)18-12-9-14-3-1-2-11-17-14;;/h1-7,11H,8-10,12,16H2;2*1H. The van der Waals surface area contributed by atoms with Crippen LogP contribution in [0.25, 0.3) is 0 Å². The van der Waals surface area contributed by atoms with E-state index in [0.29, 0.717) is 6.61 Å². The molecule has 0 saturated heterocycles. The van der Waals surface area contributed by atoms with Crippen molar-refractivity contribution in [2.24, 2.45) is 0 Å². The van der Waals surface area contributed by atoms with Crippen molar-refractivity contribution in [3.05, 3.63) is 59.9 Å². The molecule has 0 aliphatic heterocycles. The maximum Gasteiger partial charge on any atom is 0.183 e. The first kappa shape index (κ1) is 18.7. The summed E-state index contributed by atoms with van der Waals surface area (Å²) in [7, 11) is 0. The van der Waals surface area contributed by atoms with E-state index in [1.807, 2.05) is 30.5 Å². The van der Waals surface area contributed by atoms with Crippen molar-refractivity contribution in [3.8, 4) is 5.75 Å². The SMILES string of the molecule is [Cl-].[Cl-].[NH3+]CCc1ccc(OCCc2cccc[nH+]2)cc1. The Morgan fingerprint density at radius 3 is 2.30 bits per heavy atom. The van der Waals surface area contributed by atoms with Crippen LogP contribution in [0.4, 0.5) is 0 Å². The number of halogens is 2. The molecule has 2 aromatic rings. The zero-order valence-electron chi connectivity index (χ0n) is 11.3. The first-order valence-electron chi connectivity index (χ1n) is 6.35. The minimum Gasteiger partial charge on any atom is -1.00 e. The van der Waals surface area contributed by atoms with Crippen molar-refractivity contribution >= 4 is 0 Å². The van der Waals surface area contributed by atoms with Gasteiger partial charge in [0.2, 0.25) is 0 Å². The molecular weight excluding hydrogens is 295 g/mol. The van der Waals surface area contributed by atoms with Crippen molar-refractivity contribution < 1.29 is 40.3 Å². The fourth-order valence-electron chi connectivity index (χ4n) is 1.82. The number of aromatic amines is 1. The van der Waals surface area contributed by atoms with Crippen molar-refractivity contribution in [3.63, 3.8) is 0 Å². The Balaban J connectivity index is 0.00000180. The monoisotopic (exact) mass is 314 g/mol. The van der Waals surface area contributed by atoms with Gasteiger partial charge < -0.3 is 35.3 Å². The number of rotatable bonds is 6. The summed E-state index contributed by atoms with van der Waals surface area (Å²) in [5.74, 6) is 0.929. The number of aromatic nitrogens is 1. The smallest absolute Gasteiger partial charge is 0.183 e. The lowest BCUT2D eigenvalue weighted by molar-refractivity contribution is -0.390. The molecule has 1 heterocycles. The molecule has 5 heteroatoms. The normalized spacial score (nSPS) is 9.25. The van der Waals surface area contributed by atoms with Gasteiger partial charge in [-0.1, -0.05) is 18.2 Å². The van der Waals surface area contributed by atoms with E-state index in [-0.39, 0.29) is 24.8 Å². The van der Waals surface area contributed by atoms with Gasteiger partial charge in [-0.3, -0.25) is 0 Å². The predicted octanol–water partition coefficient (Wildman–Crippen LogP) is -5.09. The zero-order valence-corrected chi connectivity index (χ0v) is 12.8. The van der Waals surface area contributed by atoms with Crippen molar-refractivity contribution in [1.29, 1.82) is 0 Å². The molecule has 0 amide bonds.